The van der Waals surface area contributed by atoms with E-state index in [4.69, 9.17) is 5.11 Å². The SMILES string of the molecule is OCCCC=NNc1cccc(OC(F)(F)F)c1. The number of rotatable bonds is 6. The molecule has 1 aromatic carbocycles. The number of aliphatic hydroxyl groups is 1. The summed E-state index contributed by atoms with van der Waals surface area (Å²) in [7, 11) is 0. The van der Waals surface area contributed by atoms with Gasteiger partial charge in [0, 0.05) is 18.9 Å². The third kappa shape index (κ3) is 6.09. The maximum Gasteiger partial charge on any atom is 0.573 e. The van der Waals surface area contributed by atoms with Gasteiger partial charge in [-0.2, -0.15) is 5.10 Å². The van der Waals surface area contributed by atoms with Gasteiger partial charge in [0.1, 0.15) is 5.75 Å². The van der Waals surface area contributed by atoms with E-state index in [1.807, 2.05) is 0 Å². The number of unbranched alkanes of at least 4 members (excludes halogenated alkanes) is 1. The fraction of sp³-hybridized carbons (Fsp3) is 0.364. The Morgan fingerprint density at radius 2 is 2.17 bits per heavy atom. The van der Waals surface area contributed by atoms with E-state index in [9.17, 15) is 13.2 Å². The average Bonchev–Trinajstić information content (AvgIpc) is 2.27. The maximum absolute atomic E-state index is 12.0. The van der Waals surface area contributed by atoms with Crippen LogP contribution in [0.25, 0.3) is 0 Å². The Morgan fingerprint density at radius 3 is 2.83 bits per heavy atom. The van der Waals surface area contributed by atoms with Crippen molar-refractivity contribution in [1.29, 1.82) is 0 Å². The van der Waals surface area contributed by atoms with Gasteiger partial charge in [-0.05, 0) is 25.0 Å². The number of anilines is 1. The first-order valence-electron chi connectivity index (χ1n) is 5.25. The van der Waals surface area contributed by atoms with E-state index < -0.39 is 6.36 Å². The van der Waals surface area contributed by atoms with E-state index in [1.165, 1.54) is 24.4 Å². The second-order valence-electron chi connectivity index (χ2n) is 3.36. The van der Waals surface area contributed by atoms with E-state index in [1.54, 1.807) is 6.07 Å². The van der Waals surface area contributed by atoms with Gasteiger partial charge in [0.2, 0.25) is 0 Å². The van der Waals surface area contributed by atoms with Crippen LogP contribution in [0.4, 0.5) is 18.9 Å². The van der Waals surface area contributed by atoms with Crippen LogP contribution in [0.2, 0.25) is 0 Å². The second-order valence-corrected chi connectivity index (χ2v) is 3.36. The predicted octanol–water partition coefficient (Wildman–Crippen LogP) is 2.76. The Kier molecular flexibility index (Phi) is 5.44. The van der Waals surface area contributed by atoms with Crippen molar-refractivity contribution in [2.45, 2.75) is 19.2 Å². The largest absolute Gasteiger partial charge is 0.573 e. The molecule has 0 atom stereocenters. The summed E-state index contributed by atoms with van der Waals surface area (Å²) in [5.74, 6) is -0.307. The van der Waals surface area contributed by atoms with Gasteiger partial charge in [-0.1, -0.05) is 6.07 Å². The molecule has 0 radical (unpaired) electrons. The van der Waals surface area contributed by atoms with Crippen molar-refractivity contribution in [2.24, 2.45) is 5.10 Å². The molecule has 0 saturated heterocycles. The minimum Gasteiger partial charge on any atom is -0.406 e. The Hall–Kier alpha value is -1.76. The molecule has 2 N–H and O–H groups in total. The van der Waals surface area contributed by atoms with Gasteiger partial charge in [0.25, 0.3) is 0 Å². The molecule has 0 unspecified atom stereocenters. The molecule has 0 aliphatic rings. The molecule has 18 heavy (non-hydrogen) atoms. The summed E-state index contributed by atoms with van der Waals surface area (Å²) >= 11 is 0. The number of nitrogens with one attached hydrogen (secondary N) is 1. The van der Waals surface area contributed by atoms with Crippen LogP contribution in [-0.4, -0.2) is 24.3 Å². The zero-order valence-electron chi connectivity index (χ0n) is 9.44. The maximum atomic E-state index is 12.0. The van der Waals surface area contributed by atoms with Crippen molar-refractivity contribution in [3.05, 3.63) is 24.3 Å². The molecule has 0 aliphatic heterocycles. The molecular weight excluding hydrogens is 249 g/mol. The summed E-state index contributed by atoms with van der Waals surface area (Å²) in [4.78, 5) is 0. The van der Waals surface area contributed by atoms with Gasteiger partial charge in [0.15, 0.2) is 0 Å². The van der Waals surface area contributed by atoms with Crippen LogP contribution in [-0.2, 0) is 0 Å². The van der Waals surface area contributed by atoms with E-state index in [0.29, 0.717) is 18.5 Å². The standard InChI is InChI=1S/C11H13F3N2O2/c12-11(13,14)18-10-5-3-4-9(8-10)16-15-6-1-2-7-17/h3-6,8,16-17H,1-2,7H2. The molecule has 7 heteroatoms. The number of nitrogens with zero attached hydrogens (tertiary/aromatic N) is 1. The predicted molar refractivity (Wildman–Crippen MR) is 61.6 cm³/mol. The first-order chi connectivity index (χ1) is 8.51. The van der Waals surface area contributed by atoms with Crippen molar-refractivity contribution < 1.29 is 23.0 Å². The van der Waals surface area contributed by atoms with Crippen LogP contribution in [0.15, 0.2) is 29.4 Å². The molecule has 0 aromatic heterocycles. The van der Waals surface area contributed by atoms with Crippen LogP contribution in [0.3, 0.4) is 0 Å². The minimum atomic E-state index is -4.71. The molecule has 0 fully saturated rings. The van der Waals surface area contributed by atoms with E-state index in [0.717, 1.165) is 0 Å². The van der Waals surface area contributed by atoms with Crippen molar-refractivity contribution >= 4 is 11.9 Å². The molecule has 0 bridgehead atoms. The fourth-order valence-electron chi connectivity index (χ4n) is 1.13. The van der Waals surface area contributed by atoms with Crippen LogP contribution >= 0.6 is 0 Å². The molecule has 0 saturated carbocycles. The van der Waals surface area contributed by atoms with Gasteiger partial charge in [-0.25, -0.2) is 0 Å². The lowest BCUT2D eigenvalue weighted by Crippen LogP contribution is -2.17. The monoisotopic (exact) mass is 262 g/mol. The highest BCUT2D eigenvalue weighted by atomic mass is 19.4. The highest BCUT2D eigenvalue weighted by Gasteiger charge is 2.31. The number of hydrogen-bond acceptors (Lipinski definition) is 4. The lowest BCUT2D eigenvalue weighted by atomic mass is 10.3. The lowest BCUT2D eigenvalue weighted by molar-refractivity contribution is -0.274. The first-order valence-corrected chi connectivity index (χ1v) is 5.25. The van der Waals surface area contributed by atoms with Crippen LogP contribution in [0.5, 0.6) is 5.75 Å². The quantitative estimate of drug-likeness (QED) is 0.471. The lowest BCUT2D eigenvalue weighted by Gasteiger charge is -2.09. The molecule has 0 amide bonds. The highest BCUT2D eigenvalue weighted by Crippen LogP contribution is 2.24. The number of hydrogen-bond donors (Lipinski definition) is 2. The van der Waals surface area contributed by atoms with E-state index in [-0.39, 0.29) is 12.4 Å². The Labute approximate surface area is 102 Å². The second kappa shape index (κ2) is 6.85. The zero-order valence-corrected chi connectivity index (χ0v) is 9.44. The van der Waals surface area contributed by atoms with E-state index >= 15 is 0 Å². The van der Waals surface area contributed by atoms with Gasteiger partial charge >= 0.3 is 6.36 Å². The van der Waals surface area contributed by atoms with Gasteiger partial charge in [-0.15, -0.1) is 13.2 Å². The smallest absolute Gasteiger partial charge is 0.406 e. The Morgan fingerprint density at radius 1 is 1.39 bits per heavy atom. The summed E-state index contributed by atoms with van der Waals surface area (Å²) < 4.78 is 39.7. The molecule has 0 heterocycles. The van der Waals surface area contributed by atoms with Crippen LogP contribution < -0.4 is 10.2 Å². The molecule has 0 aliphatic carbocycles. The number of benzene rings is 1. The highest BCUT2D eigenvalue weighted by molar-refractivity contribution is 5.59. The topological polar surface area (TPSA) is 53.9 Å². The minimum absolute atomic E-state index is 0.0704. The molecular formula is C11H13F3N2O2. The fourth-order valence-corrected chi connectivity index (χ4v) is 1.13. The summed E-state index contributed by atoms with van der Waals surface area (Å²) in [5, 5.41) is 12.3. The van der Waals surface area contributed by atoms with Gasteiger partial charge < -0.3 is 9.84 Å². The number of halogens is 3. The normalized spacial score (nSPS) is 11.8. The molecule has 100 valence electrons. The summed E-state index contributed by atoms with van der Waals surface area (Å²) in [5.41, 5.74) is 2.96. The molecule has 1 rings (SSSR count). The van der Waals surface area contributed by atoms with Gasteiger partial charge in [-0.3, -0.25) is 5.43 Å². The first kappa shape index (κ1) is 14.3. The summed E-state index contributed by atoms with van der Waals surface area (Å²) in [6.45, 7) is 0.0704. The number of hydrazone groups is 1. The van der Waals surface area contributed by atoms with Crippen LogP contribution in [0.1, 0.15) is 12.8 Å². The van der Waals surface area contributed by atoms with Crippen molar-refractivity contribution in [1.82, 2.24) is 0 Å². The molecule has 1 aromatic rings. The number of alkyl halides is 3. The van der Waals surface area contributed by atoms with Crippen LogP contribution in [0, 0.1) is 0 Å². The van der Waals surface area contributed by atoms with E-state index in [2.05, 4.69) is 15.3 Å². The van der Waals surface area contributed by atoms with Crippen molar-refractivity contribution in [3.8, 4) is 5.75 Å². The third-order valence-corrected chi connectivity index (χ3v) is 1.84. The average molecular weight is 262 g/mol. The summed E-state index contributed by atoms with van der Waals surface area (Å²) in [6, 6.07) is 5.38. The van der Waals surface area contributed by atoms with Crippen molar-refractivity contribution in [3.63, 3.8) is 0 Å². The molecule has 0 spiro atoms. The zero-order chi connectivity index (χ0) is 13.4. The number of aliphatic hydroxyl groups excluding tert-OH is 1. The van der Waals surface area contributed by atoms with Crippen molar-refractivity contribution in [2.75, 3.05) is 12.0 Å². The third-order valence-electron chi connectivity index (χ3n) is 1.84. The summed E-state index contributed by atoms with van der Waals surface area (Å²) in [6.07, 6.45) is -2.00. The molecule has 4 nitrogen and oxygen atoms in total. The Balaban J connectivity index is 2.52. The van der Waals surface area contributed by atoms with Gasteiger partial charge in [0.05, 0.1) is 5.69 Å². The Bertz CT molecular complexity index is 394. The number of ether oxygens (including phenoxy) is 1.